The van der Waals surface area contributed by atoms with Gasteiger partial charge in [0.1, 0.15) is 0 Å². The van der Waals surface area contributed by atoms with Crippen molar-refractivity contribution in [1.29, 1.82) is 0 Å². The Morgan fingerprint density at radius 3 is 2.76 bits per heavy atom. The largest absolute Gasteiger partial charge is 0.338 e. The summed E-state index contributed by atoms with van der Waals surface area (Å²) in [6.07, 6.45) is 1.37. The molecule has 2 aromatic heterocycles. The van der Waals surface area contributed by atoms with Crippen molar-refractivity contribution in [2.45, 2.75) is 33.6 Å². The monoisotopic (exact) mass is 402 g/mol. The molecule has 5 nitrogen and oxygen atoms in total. The van der Waals surface area contributed by atoms with Crippen LogP contribution in [0.25, 0.3) is 15.3 Å². The summed E-state index contributed by atoms with van der Waals surface area (Å²) in [6, 6.07) is 14.2. The van der Waals surface area contributed by atoms with E-state index in [1.54, 1.807) is 11.3 Å². The molecule has 0 saturated carbocycles. The van der Waals surface area contributed by atoms with Crippen LogP contribution in [0.1, 0.15) is 40.5 Å². The first-order chi connectivity index (χ1) is 14.0. The predicted octanol–water partition coefficient (Wildman–Crippen LogP) is 5.61. The third-order valence-corrected chi connectivity index (χ3v) is 6.67. The zero-order valence-corrected chi connectivity index (χ0v) is 17.5. The van der Waals surface area contributed by atoms with Crippen molar-refractivity contribution in [3.63, 3.8) is 0 Å². The molecule has 1 N–H and O–H groups in total. The number of anilines is 2. The average Bonchev–Trinajstić information content (AvgIpc) is 3.27. The van der Waals surface area contributed by atoms with E-state index in [9.17, 15) is 4.79 Å². The molecular formula is C23H22N4OS. The minimum absolute atomic E-state index is 0.152. The van der Waals surface area contributed by atoms with Crippen molar-refractivity contribution >= 4 is 38.8 Å². The highest BCUT2D eigenvalue weighted by atomic mass is 32.1. The van der Waals surface area contributed by atoms with Crippen LogP contribution in [0, 0.1) is 19.8 Å². The smallest absolute Gasteiger partial charge is 0.211 e. The molecule has 1 aliphatic rings. The fraction of sp³-hybridized carbons (Fsp3) is 0.261. The van der Waals surface area contributed by atoms with Gasteiger partial charge in [-0.2, -0.15) is 0 Å². The summed E-state index contributed by atoms with van der Waals surface area (Å²) >= 11 is 1.60. The molecule has 0 amide bonds. The third-order valence-electron chi connectivity index (χ3n) is 5.66. The van der Waals surface area contributed by atoms with Gasteiger partial charge in [0.2, 0.25) is 5.13 Å². The van der Waals surface area contributed by atoms with Crippen molar-refractivity contribution in [3.8, 4) is 5.13 Å². The van der Waals surface area contributed by atoms with E-state index in [0.717, 1.165) is 38.7 Å². The first-order valence-corrected chi connectivity index (χ1v) is 10.7. The lowest BCUT2D eigenvalue weighted by atomic mass is 9.88. The van der Waals surface area contributed by atoms with Crippen molar-refractivity contribution in [1.82, 2.24) is 14.8 Å². The first-order valence-electron chi connectivity index (χ1n) is 9.85. The van der Waals surface area contributed by atoms with Gasteiger partial charge in [-0.3, -0.25) is 4.79 Å². The number of nitrogens with zero attached hydrogens (tertiary/aromatic N) is 3. The predicted molar refractivity (Wildman–Crippen MR) is 118 cm³/mol. The van der Waals surface area contributed by atoms with Gasteiger partial charge in [-0.1, -0.05) is 42.5 Å². The van der Waals surface area contributed by atoms with Gasteiger partial charge in [0.15, 0.2) is 11.6 Å². The summed E-state index contributed by atoms with van der Waals surface area (Å²) in [5.74, 6) is 1.08. The number of aryl methyl sites for hydroxylation is 1. The minimum atomic E-state index is 0.152. The number of fused-ring (bicyclic) bond motifs is 2. The molecular weight excluding hydrogens is 380 g/mol. The maximum atomic E-state index is 13.0. The van der Waals surface area contributed by atoms with Crippen molar-refractivity contribution in [2.24, 2.45) is 5.92 Å². The van der Waals surface area contributed by atoms with Crippen LogP contribution in [0.3, 0.4) is 0 Å². The molecule has 6 heteroatoms. The highest BCUT2D eigenvalue weighted by molar-refractivity contribution is 7.20. The summed E-state index contributed by atoms with van der Waals surface area (Å²) in [5, 5.41) is 9.08. The number of thiazole rings is 1. The van der Waals surface area contributed by atoms with E-state index < -0.39 is 0 Å². The number of para-hydroxylation sites is 1. The van der Waals surface area contributed by atoms with Crippen LogP contribution in [0.2, 0.25) is 0 Å². The number of carbonyl (C=O) groups is 1. The Kier molecular flexibility index (Phi) is 4.24. The second-order valence-electron chi connectivity index (χ2n) is 7.86. The van der Waals surface area contributed by atoms with Gasteiger partial charge >= 0.3 is 0 Å². The Balaban J connectivity index is 1.67. The number of benzene rings is 2. The molecule has 2 aromatic carbocycles. The number of rotatable bonds is 3. The summed E-state index contributed by atoms with van der Waals surface area (Å²) in [5.41, 5.74) is 5.97. The van der Waals surface area contributed by atoms with E-state index in [2.05, 4.69) is 38.2 Å². The fourth-order valence-corrected chi connectivity index (χ4v) is 4.91. The van der Waals surface area contributed by atoms with Crippen LogP contribution in [-0.2, 0) is 6.42 Å². The molecule has 1 unspecified atom stereocenters. The lowest BCUT2D eigenvalue weighted by Crippen LogP contribution is -2.19. The van der Waals surface area contributed by atoms with Gasteiger partial charge in [-0.25, -0.2) is 9.67 Å². The maximum Gasteiger partial charge on any atom is 0.211 e. The minimum Gasteiger partial charge on any atom is -0.338 e. The van der Waals surface area contributed by atoms with Crippen LogP contribution < -0.4 is 5.32 Å². The highest BCUT2D eigenvalue weighted by Crippen LogP contribution is 2.36. The standard InChI is InChI=1S/C23H22N4OS/c1-13-11-18-21(19(28)12-13)22(24-16-9-6-7-14(2)15(16)3)26-27(18)23-25-17-8-4-5-10-20(17)29-23/h4-10,13H,11-12H2,1-3H3,(H,24,26). The van der Waals surface area contributed by atoms with Gasteiger partial charge in [0.25, 0.3) is 0 Å². The average molecular weight is 403 g/mol. The maximum absolute atomic E-state index is 13.0. The summed E-state index contributed by atoms with van der Waals surface area (Å²) < 4.78 is 2.99. The number of carbonyl (C=O) groups excluding carboxylic acids is 1. The van der Waals surface area contributed by atoms with Crippen LogP contribution in [-0.4, -0.2) is 20.5 Å². The lowest BCUT2D eigenvalue weighted by Gasteiger charge is -2.18. The molecule has 0 bridgehead atoms. The first kappa shape index (κ1) is 18.1. The Bertz CT molecular complexity index is 1220. The van der Waals surface area contributed by atoms with Gasteiger partial charge in [-0.05, 0) is 55.5 Å². The lowest BCUT2D eigenvalue weighted by molar-refractivity contribution is 0.0953. The second kappa shape index (κ2) is 6.81. The molecule has 0 radical (unpaired) electrons. The number of hydrogen-bond acceptors (Lipinski definition) is 5. The molecule has 1 atom stereocenters. The number of aromatic nitrogens is 3. The Labute approximate surface area is 173 Å². The van der Waals surface area contributed by atoms with E-state index >= 15 is 0 Å². The Morgan fingerprint density at radius 1 is 1.10 bits per heavy atom. The highest BCUT2D eigenvalue weighted by Gasteiger charge is 2.32. The molecule has 146 valence electrons. The van der Waals surface area contributed by atoms with Gasteiger partial charge in [0.05, 0.1) is 21.5 Å². The topological polar surface area (TPSA) is 59.8 Å². The molecule has 4 aromatic rings. The molecule has 29 heavy (non-hydrogen) atoms. The molecule has 0 spiro atoms. The van der Waals surface area contributed by atoms with E-state index in [1.165, 1.54) is 5.56 Å². The molecule has 0 aliphatic heterocycles. The van der Waals surface area contributed by atoms with Crippen LogP contribution >= 0.6 is 11.3 Å². The second-order valence-corrected chi connectivity index (χ2v) is 8.86. The molecule has 1 aliphatic carbocycles. The van der Waals surface area contributed by atoms with Gasteiger partial charge in [-0.15, -0.1) is 5.10 Å². The number of nitrogens with one attached hydrogen (secondary N) is 1. The van der Waals surface area contributed by atoms with E-state index in [4.69, 9.17) is 10.1 Å². The van der Waals surface area contributed by atoms with Crippen LogP contribution in [0.15, 0.2) is 42.5 Å². The van der Waals surface area contributed by atoms with Crippen molar-refractivity contribution < 1.29 is 4.79 Å². The third kappa shape index (κ3) is 3.04. The Hall–Kier alpha value is -2.99. The molecule has 2 heterocycles. The molecule has 0 fully saturated rings. The van der Waals surface area contributed by atoms with Crippen LogP contribution in [0.5, 0.6) is 0 Å². The molecule has 0 saturated heterocycles. The zero-order chi connectivity index (χ0) is 20.1. The van der Waals surface area contributed by atoms with Gasteiger partial charge < -0.3 is 5.32 Å². The van der Waals surface area contributed by atoms with Crippen molar-refractivity contribution in [2.75, 3.05) is 5.32 Å². The summed E-state index contributed by atoms with van der Waals surface area (Å²) in [4.78, 5) is 17.7. The quantitative estimate of drug-likeness (QED) is 0.484. The molecule has 5 rings (SSSR count). The normalized spacial score (nSPS) is 16.2. The zero-order valence-electron chi connectivity index (χ0n) is 16.7. The van der Waals surface area contributed by atoms with Gasteiger partial charge in [0, 0.05) is 12.1 Å². The number of hydrogen-bond donors (Lipinski definition) is 1. The SMILES string of the molecule is Cc1cccc(Nc2nn(-c3nc4ccccc4s3)c3c2C(=O)CC(C)C3)c1C. The number of ketones is 1. The van der Waals surface area contributed by atoms with Crippen LogP contribution in [0.4, 0.5) is 11.5 Å². The van der Waals surface area contributed by atoms with Crippen molar-refractivity contribution in [3.05, 3.63) is 64.8 Å². The van der Waals surface area contributed by atoms with E-state index in [1.807, 2.05) is 35.0 Å². The summed E-state index contributed by atoms with van der Waals surface area (Å²) in [7, 11) is 0. The summed E-state index contributed by atoms with van der Waals surface area (Å²) in [6.45, 7) is 6.29. The van der Waals surface area contributed by atoms with E-state index in [0.29, 0.717) is 23.7 Å². The fourth-order valence-electron chi connectivity index (χ4n) is 3.97. The Morgan fingerprint density at radius 2 is 1.93 bits per heavy atom. The number of Topliss-reactive ketones (excluding diaryl/α,β-unsaturated/α-hetero) is 1. The van der Waals surface area contributed by atoms with E-state index in [-0.39, 0.29) is 5.78 Å².